The molecule has 7 heteroatoms. The lowest BCUT2D eigenvalue weighted by Gasteiger charge is -2.25. The van der Waals surface area contributed by atoms with Crippen LogP contribution in [0.15, 0.2) is 23.1 Å². The molecule has 0 spiro atoms. The lowest BCUT2D eigenvalue weighted by atomic mass is 10.1. The van der Waals surface area contributed by atoms with Gasteiger partial charge < -0.3 is 4.90 Å². The molecule has 1 aliphatic rings. The summed E-state index contributed by atoms with van der Waals surface area (Å²) in [7, 11) is -3.50. The van der Waals surface area contributed by atoms with Crippen molar-refractivity contribution in [2.45, 2.75) is 11.8 Å². The summed E-state index contributed by atoms with van der Waals surface area (Å²) in [5.41, 5.74) is 1.17. The zero-order valence-electron chi connectivity index (χ0n) is 12.0. The van der Waals surface area contributed by atoms with E-state index in [0.717, 1.165) is 31.1 Å². The molecular weight excluding hydrogens is 306 g/mol. The quantitative estimate of drug-likeness (QED) is 0.880. The summed E-state index contributed by atoms with van der Waals surface area (Å²) >= 11 is 1.93. The molecule has 5 nitrogen and oxygen atoms in total. The maximum absolute atomic E-state index is 12.2. The van der Waals surface area contributed by atoms with Gasteiger partial charge in [0.2, 0.25) is 10.0 Å². The Kier molecular flexibility index (Phi) is 5.65. The van der Waals surface area contributed by atoms with Crippen molar-refractivity contribution >= 4 is 21.8 Å². The number of aryl methyl sites for hydroxylation is 1. The highest BCUT2D eigenvalue weighted by Gasteiger charge is 2.16. The van der Waals surface area contributed by atoms with E-state index < -0.39 is 10.0 Å². The molecular formula is C14H19N3O2S2. The van der Waals surface area contributed by atoms with E-state index >= 15 is 0 Å². The maximum atomic E-state index is 12.2. The summed E-state index contributed by atoms with van der Waals surface area (Å²) < 4.78 is 27.0. The number of nitrogens with zero attached hydrogens (tertiary/aromatic N) is 2. The van der Waals surface area contributed by atoms with Crippen LogP contribution in [0.4, 0.5) is 0 Å². The van der Waals surface area contributed by atoms with Crippen molar-refractivity contribution < 1.29 is 8.42 Å². The first-order chi connectivity index (χ1) is 10.0. The molecule has 1 aromatic carbocycles. The van der Waals surface area contributed by atoms with Gasteiger partial charge in [-0.25, -0.2) is 13.1 Å². The predicted octanol–water partition coefficient (Wildman–Crippen LogP) is 1.19. The highest BCUT2D eigenvalue weighted by molar-refractivity contribution is 7.99. The van der Waals surface area contributed by atoms with Crippen LogP contribution < -0.4 is 4.72 Å². The third-order valence-corrected chi connectivity index (χ3v) is 5.85. The number of thioether (sulfide) groups is 1. The lowest BCUT2D eigenvalue weighted by Crippen LogP contribution is -2.39. The molecule has 0 saturated carbocycles. The average molecular weight is 325 g/mol. The van der Waals surface area contributed by atoms with Crippen LogP contribution in [0.1, 0.15) is 11.1 Å². The number of nitriles is 1. The largest absolute Gasteiger partial charge is 0.300 e. The fourth-order valence-electron chi connectivity index (χ4n) is 2.17. The summed E-state index contributed by atoms with van der Waals surface area (Å²) in [5.74, 6) is 2.23. The Morgan fingerprint density at radius 3 is 2.71 bits per heavy atom. The van der Waals surface area contributed by atoms with Crippen LogP contribution in [-0.2, 0) is 10.0 Å². The molecule has 0 unspecified atom stereocenters. The molecule has 1 aliphatic heterocycles. The fraction of sp³-hybridized carbons (Fsp3) is 0.500. The Bertz CT molecular complexity index is 632. The number of benzene rings is 1. The SMILES string of the molecule is Cc1cc(S(=O)(=O)NCCN2CCSCC2)ccc1C#N. The zero-order valence-corrected chi connectivity index (χ0v) is 13.6. The minimum absolute atomic E-state index is 0.216. The molecule has 1 N–H and O–H groups in total. The van der Waals surface area contributed by atoms with Crippen molar-refractivity contribution in [3.63, 3.8) is 0 Å². The first-order valence-electron chi connectivity index (χ1n) is 6.83. The normalized spacial score (nSPS) is 16.6. The monoisotopic (exact) mass is 325 g/mol. The van der Waals surface area contributed by atoms with E-state index in [9.17, 15) is 8.42 Å². The number of rotatable bonds is 5. The van der Waals surface area contributed by atoms with Crippen LogP contribution >= 0.6 is 11.8 Å². The van der Waals surface area contributed by atoms with Crippen LogP contribution in [-0.4, -0.2) is 51.0 Å². The molecule has 1 heterocycles. The van der Waals surface area contributed by atoms with Crippen molar-refractivity contribution in [1.29, 1.82) is 5.26 Å². The van der Waals surface area contributed by atoms with Gasteiger partial charge in [0.1, 0.15) is 0 Å². The molecule has 0 radical (unpaired) electrons. The molecule has 1 saturated heterocycles. The van der Waals surface area contributed by atoms with Crippen molar-refractivity contribution in [2.24, 2.45) is 0 Å². The van der Waals surface area contributed by atoms with Crippen molar-refractivity contribution in [3.05, 3.63) is 29.3 Å². The second kappa shape index (κ2) is 7.27. The smallest absolute Gasteiger partial charge is 0.240 e. The highest BCUT2D eigenvalue weighted by Crippen LogP contribution is 2.14. The van der Waals surface area contributed by atoms with Gasteiger partial charge in [0.25, 0.3) is 0 Å². The van der Waals surface area contributed by atoms with Crippen LogP contribution in [0.3, 0.4) is 0 Å². The average Bonchev–Trinajstić information content (AvgIpc) is 2.48. The molecule has 21 heavy (non-hydrogen) atoms. The lowest BCUT2D eigenvalue weighted by molar-refractivity contribution is 0.307. The van der Waals surface area contributed by atoms with E-state index in [-0.39, 0.29) is 4.90 Å². The molecule has 0 amide bonds. The van der Waals surface area contributed by atoms with Gasteiger partial charge in [-0.2, -0.15) is 17.0 Å². The third kappa shape index (κ3) is 4.45. The first kappa shape index (κ1) is 16.3. The molecule has 0 aromatic heterocycles. The van der Waals surface area contributed by atoms with Gasteiger partial charge in [0.15, 0.2) is 0 Å². The molecule has 1 fully saturated rings. The van der Waals surface area contributed by atoms with Crippen molar-refractivity contribution in [3.8, 4) is 6.07 Å². The van der Waals surface area contributed by atoms with Gasteiger partial charge in [-0.1, -0.05) is 0 Å². The Labute approximate surface area is 130 Å². The minimum Gasteiger partial charge on any atom is -0.300 e. The van der Waals surface area contributed by atoms with E-state index in [2.05, 4.69) is 9.62 Å². The highest BCUT2D eigenvalue weighted by atomic mass is 32.2. The third-order valence-electron chi connectivity index (χ3n) is 3.45. The Morgan fingerprint density at radius 1 is 1.38 bits per heavy atom. The summed E-state index contributed by atoms with van der Waals surface area (Å²) in [6, 6.07) is 6.60. The summed E-state index contributed by atoms with van der Waals surface area (Å²) in [6.07, 6.45) is 0. The van der Waals surface area contributed by atoms with Crippen LogP contribution in [0.25, 0.3) is 0 Å². The van der Waals surface area contributed by atoms with E-state index in [1.54, 1.807) is 19.1 Å². The Hall–Kier alpha value is -1.07. The van der Waals surface area contributed by atoms with Crippen molar-refractivity contribution in [1.82, 2.24) is 9.62 Å². The van der Waals surface area contributed by atoms with Crippen molar-refractivity contribution in [2.75, 3.05) is 37.7 Å². The standard InChI is InChI=1S/C14H19N3O2S2/c1-12-10-14(3-2-13(12)11-15)21(18,19)16-4-5-17-6-8-20-9-7-17/h2-3,10,16H,4-9H2,1H3. The first-order valence-corrected chi connectivity index (χ1v) is 9.47. The van der Waals surface area contributed by atoms with E-state index in [0.29, 0.717) is 17.7 Å². The van der Waals surface area contributed by atoms with E-state index in [4.69, 9.17) is 5.26 Å². The topological polar surface area (TPSA) is 73.2 Å². The Balaban J connectivity index is 1.95. The van der Waals surface area contributed by atoms with Crippen LogP contribution in [0, 0.1) is 18.3 Å². The molecule has 0 atom stereocenters. The van der Waals surface area contributed by atoms with E-state index in [1.807, 2.05) is 17.8 Å². The maximum Gasteiger partial charge on any atom is 0.240 e. The second-order valence-electron chi connectivity index (χ2n) is 4.94. The van der Waals surface area contributed by atoms with Gasteiger partial charge >= 0.3 is 0 Å². The van der Waals surface area contributed by atoms with Gasteiger partial charge in [-0.05, 0) is 30.7 Å². The summed E-state index contributed by atoms with van der Waals surface area (Å²) in [5, 5.41) is 8.88. The minimum atomic E-state index is -3.50. The predicted molar refractivity (Wildman–Crippen MR) is 84.8 cm³/mol. The van der Waals surface area contributed by atoms with E-state index in [1.165, 1.54) is 6.07 Å². The van der Waals surface area contributed by atoms with Gasteiger partial charge in [0.05, 0.1) is 16.5 Å². The molecule has 0 aliphatic carbocycles. The van der Waals surface area contributed by atoms with Gasteiger partial charge in [0, 0.05) is 37.7 Å². The van der Waals surface area contributed by atoms with Crippen LogP contribution in [0.2, 0.25) is 0 Å². The number of sulfonamides is 1. The summed E-state index contributed by atoms with van der Waals surface area (Å²) in [6.45, 7) is 4.91. The van der Waals surface area contributed by atoms with Crippen LogP contribution in [0.5, 0.6) is 0 Å². The Morgan fingerprint density at radius 2 is 2.10 bits per heavy atom. The number of nitrogens with one attached hydrogen (secondary N) is 1. The molecule has 114 valence electrons. The zero-order chi connectivity index (χ0) is 15.3. The number of hydrogen-bond acceptors (Lipinski definition) is 5. The van der Waals surface area contributed by atoms with Gasteiger partial charge in [-0.3, -0.25) is 0 Å². The molecule has 2 rings (SSSR count). The number of hydrogen-bond donors (Lipinski definition) is 1. The second-order valence-corrected chi connectivity index (χ2v) is 7.93. The van der Waals surface area contributed by atoms with Gasteiger partial charge in [-0.15, -0.1) is 0 Å². The fourth-order valence-corrected chi connectivity index (χ4v) is 4.26. The molecule has 0 bridgehead atoms. The summed E-state index contributed by atoms with van der Waals surface area (Å²) in [4.78, 5) is 2.48. The molecule has 1 aromatic rings.